The monoisotopic (exact) mass is 306 g/mol. The smallest absolute Gasteiger partial charge is 0.243 e. The first-order chi connectivity index (χ1) is 10.6. The Labute approximate surface area is 134 Å². The van der Waals surface area contributed by atoms with Gasteiger partial charge in [-0.05, 0) is 43.9 Å². The summed E-state index contributed by atoms with van der Waals surface area (Å²) in [4.78, 5) is 26.7. The van der Waals surface area contributed by atoms with Gasteiger partial charge in [0.15, 0.2) is 0 Å². The Bertz CT molecular complexity index is 419. The van der Waals surface area contributed by atoms with Crippen LogP contribution in [0.5, 0.6) is 0 Å². The molecule has 4 heteroatoms. The summed E-state index contributed by atoms with van der Waals surface area (Å²) in [5.74, 6) is 1.27. The van der Waals surface area contributed by atoms with E-state index in [4.69, 9.17) is 0 Å². The molecule has 2 aliphatic rings. The second kappa shape index (κ2) is 8.35. The highest BCUT2D eigenvalue weighted by atomic mass is 16.2. The van der Waals surface area contributed by atoms with Crippen LogP contribution in [-0.4, -0.2) is 35.8 Å². The SMILES string of the molecule is CC[C@H]1CC(=O)N2CCC[C@H]2C(=O)NC/C=C\CC[C@H](C)C1. The maximum atomic E-state index is 12.6. The van der Waals surface area contributed by atoms with Crippen molar-refractivity contribution in [3.63, 3.8) is 0 Å². The van der Waals surface area contributed by atoms with Crippen LogP contribution in [-0.2, 0) is 9.59 Å². The van der Waals surface area contributed by atoms with E-state index in [2.05, 4.69) is 25.2 Å². The van der Waals surface area contributed by atoms with Crippen molar-refractivity contribution in [2.45, 2.75) is 64.8 Å². The lowest BCUT2D eigenvalue weighted by molar-refractivity contribution is -0.139. The van der Waals surface area contributed by atoms with E-state index >= 15 is 0 Å². The molecule has 2 aliphatic heterocycles. The molecule has 0 radical (unpaired) electrons. The molecule has 1 saturated heterocycles. The molecular formula is C18H30N2O2. The minimum Gasteiger partial charge on any atom is -0.351 e. The van der Waals surface area contributed by atoms with Crippen molar-refractivity contribution in [1.29, 1.82) is 0 Å². The first kappa shape index (κ1) is 17.0. The van der Waals surface area contributed by atoms with Gasteiger partial charge in [-0.15, -0.1) is 0 Å². The fraction of sp³-hybridized carbons (Fsp3) is 0.778. The molecule has 2 rings (SSSR count). The van der Waals surface area contributed by atoms with Crippen LogP contribution in [0.3, 0.4) is 0 Å². The van der Waals surface area contributed by atoms with Crippen LogP contribution in [0.2, 0.25) is 0 Å². The maximum Gasteiger partial charge on any atom is 0.243 e. The highest BCUT2D eigenvalue weighted by Gasteiger charge is 2.34. The van der Waals surface area contributed by atoms with Crippen molar-refractivity contribution in [3.05, 3.63) is 12.2 Å². The van der Waals surface area contributed by atoms with E-state index in [1.807, 2.05) is 11.0 Å². The third kappa shape index (κ3) is 4.59. The zero-order valence-corrected chi connectivity index (χ0v) is 14.0. The average molecular weight is 306 g/mol. The lowest BCUT2D eigenvalue weighted by Gasteiger charge is -2.27. The Morgan fingerprint density at radius 3 is 2.86 bits per heavy atom. The number of carbonyl (C=O) groups is 2. The summed E-state index contributed by atoms with van der Waals surface area (Å²) in [6.07, 6.45) is 10.9. The van der Waals surface area contributed by atoms with Gasteiger partial charge in [-0.25, -0.2) is 0 Å². The third-order valence-electron chi connectivity index (χ3n) is 5.04. The van der Waals surface area contributed by atoms with Gasteiger partial charge in [0.25, 0.3) is 0 Å². The number of allylic oxidation sites excluding steroid dienone is 1. The summed E-state index contributed by atoms with van der Waals surface area (Å²) in [5, 5.41) is 2.95. The second-order valence-corrected chi connectivity index (χ2v) is 6.86. The average Bonchev–Trinajstić information content (AvgIpc) is 2.98. The number of nitrogens with one attached hydrogen (secondary N) is 1. The molecule has 3 atom stereocenters. The number of hydrogen-bond donors (Lipinski definition) is 1. The fourth-order valence-corrected chi connectivity index (χ4v) is 3.64. The van der Waals surface area contributed by atoms with E-state index in [-0.39, 0.29) is 17.9 Å². The van der Waals surface area contributed by atoms with Crippen molar-refractivity contribution in [2.24, 2.45) is 11.8 Å². The molecule has 1 fully saturated rings. The van der Waals surface area contributed by atoms with Crippen LogP contribution in [0.15, 0.2) is 12.2 Å². The Morgan fingerprint density at radius 1 is 1.27 bits per heavy atom. The molecule has 2 heterocycles. The summed E-state index contributed by atoms with van der Waals surface area (Å²) in [6.45, 7) is 5.76. The van der Waals surface area contributed by atoms with Crippen LogP contribution >= 0.6 is 0 Å². The number of hydrogen-bond acceptors (Lipinski definition) is 2. The third-order valence-corrected chi connectivity index (χ3v) is 5.04. The topological polar surface area (TPSA) is 49.4 Å². The summed E-state index contributed by atoms with van der Waals surface area (Å²) in [5.41, 5.74) is 0. The van der Waals surface area contributed by atoms with E-state index in [9.17, 15) is 9.59 Å². The molecule has 0 saturated carbocycles. The van der Waals surface area contributed by atoms with Crippen molar-refractivity contribution in [3.8, 4) is 0 Å². The number of nitrogens with zero attached hydrogens (tertiary/aromatic N) is 1. The molecule has 0 bridgehead atoms. The molecular weight excluding hydrogens is 276 g/mol. The summed E-state index contributed by atoms with van der Waals surface area (Å²) < 4.78 is 0. The number of amides is 2. The molecule has 2 amide bonds. The quantitative estimate of drug-likeness (QED) is 0.757. The van der Waals surface area contributed by atoms with Crippen LogP contribution in [0.1, 0.15) is 58.8 Å². The molecule has 0 aromatic rings. The molecule has 0 aromatic carbocycles. The van der Waals surface area contributed by atoms with Crippen molar-refractivity contribution < 1.29 is 9.59 Å². The van der Waals surface area contributed by atoms with Crippen molar-refractivity contribution >= 4 is 11.8 Å². The van der Waals surface area contributed by atoms with Gasteiger partial charge < -0.3 is 10.2 Å². The number of rotatable bonds is 1. The van der Waals surface area contributed by atoms with Crippen molar-refractivity contribution in [2.75, 3.05) is 13.1 Å². The first-order valence-corrected chi connectivity index (χ1v) is 8.84. The largest absolute Gasteiger partial charge is 0.351 e. The standard InChI is InChI=1S/C18H30N2O2/c1-3-15-12-14(2)8-5-4-6-10-19-18(22)16-9-7-11-20(16)17(21)13-15/h4,6,14-16H,3,5,7-13H2,1-2H3,(H,19,22)/b6-4-/t14-,15+,16-/m0/s1. The van der Waals surface area contributed by atoms with Gasteiger partial charge >= 0.3 is 0 Å². The molecule has 0 spiro atoms. The molecule has 0 aromatic heterocycles. The molecule has 0 aliphatic carbocycles. The van der Waals surface area contributed by atoms with E-state index in [1.54, 1.807) is 0 Å². The van der Waals surface area contributed by atoms with Crippen LogP contribution in [0.25, 0.3) is 0 Å². The number of fused-ring (bicyclic) bond motifs is 1. The predicted molar refractivity (Wildman–Crippen MR) is 88.3 cm³/mol. The zero-order valence-electron chi connectivity index (χ0n) is 14.0. The molecule has 1 N–H and O–H groups in total. The highest BCUT2D eigenvalue weighted by Crippen LogP contribution is 2.26. The molecule has 22 heavy (non-hydrogen) atoms. The van der Waals surface area contributed by atoms with Gasteiger partial charge in [0.1, 0.15) is 6.04 Å². The first-order valence-electron chi connectivity index (χ1n) is 8.84. The van der Waals surface area contributed by atoms with E-state index in [0.717, 1.165) is 45.1 Å². The van der Waals surface area contributed by atoms with Crippen LogP contribution in [0.4, 0.5) is 0 Å². The van der Waals surface area contributed by atoms with Gasteiger partial charge in [-0.1, -0.05) is 32.4 Å². The predicted octanol–water partition coefficient (Wildman–Crippen LogP) is 2.89. The van der Waals surface area contributed by atoms with Crippen molar-refractivity contribution in [1.82, 2.24) is 10.2 Å². The summed E-state index contributed by atoms with van der Waals surface area (Å²) >= 11 is 0. The summed E-state index contributed by atoms with van der Waals surface area (Å²) in [7, 11) is 0. The van der Waals surface area contributed by atoms with Gasteiger partial charge in [-0.2, -0.15) is 0 Å². The highest BCUT2D eigenvalue weighted by molar-refractivity contribution is 5.88. The Morgan fingerprint density at radius 2 is 2.09 bits per heavy atom. The molecule has 0 unspecified atom stereocenters. The van der Waals surface area contributed by atoms with Gasteiger partial charge in [0.2, 0.25) is 11.8 Å². The Hall–Kier alpha value is -1.32. The van der Waals surface area contributed by atoms with E-state index in [0.29, 0.717) is 24.8 Å². The van der Waals surface area contributed by atoms with E-state index in [1.165, 1.54) is 0 Å². The minimum absolute atomic E-state index is 0.00831. The Kier molecular flexibility index (Phi) is 6.47. The summed E-state index contributed by atoms with van der Waals surface area (Å²) in [6, 6.07) is -0.251. The zero-order chi connectivity index (χ0) is 15.9. The van der Waals surface area contributed by atoms with Crippen LogP contribution < -0.4 is 5.32 Å². The Balaban J connectivity index is 2.09. The second-order valence-electron chi connectivity index (χ2n) is 6.86. The maximum absolute atomic E-state index is 12.6. The van der Waals surface area contributed by atoms with Crippen LogP contribution in [0, 0.1) is 11.8 Å². The number of carbonyl (C=O) groups excluding carboxylic acids is 2. The fourth-order valence-electron chi connectivity index (χ4n) is 3.64. The minimum atomic E-state index is -0.251. The normalized spacial score (nSPS) is 33.0. The lowest BCUT2D eigenvalue weighted by Crippen LogP contribution is -2.46. The molecule has 124 valence electrons. The lowest BCUT2D eigenvalue weighted by atomic mass is 9.88. The molecule has 4 nitrogen and oxygen atoms in total. The van der Waals surface area contributed by atoms with Gasteiger partial charge in [0.05, 0.1) is 0 Å². The van der Waals surface area contributed by atoms with Gasteiger partial charge in [0, 0.05) is 19.5 Å². The van der Waals surface area contributed by atoms with Gasteiger partial charge in [-0.3, -0.25) is 9.59 Å². The van der Waals surface area contributed by atoms with E-state index < -0.39 is 0 Å².